The number of halogens is 3. The number of amides is 1. The van der Waals surface area contributed by atoms with E-state index in [2.05, 4.69) is 30.8 Å². The van der Waals surface area contributed by atoms with Gasteiger partial charge in [-0.2, -0.15) is 5.10 Å². The standard InChI is InChI=1S/C23H21ClF2N6O3/c1-34-19-10-17-18(11-20(19)35-4-2-3-24)27-12-28-23(17)30-21-8-16(31-32-21)9-22(33)29-15-6-13(25)5-14(26)7-15/h5-8,10-12H,2-4,9H2,1H3,(H,29,33)(H2,27,28,30,31,32). The molecule has 12 heteroatoms. The van der Waals surface area contributed by atoms with Crippen molar-refractivity contribution in [1.29, 1.82) is 0 Å². The minimum Gasteiger partial charge on any atom is -0.493 e. The van der Waals surface area contributed by atoms with Gasteiger partial charge in [0.05, 0.1) is 25.7 Å². The number of benzene rings is 2. The normalized spacial score (nSPS) is 10.9. The Hall–Kier alpha value is -3.99. The quantitative estimate of drug-likeness (QED) is 0.215. The molecule has 0 aliphatic carbocycles. The van der Waals surface area contributed by atoms with Crippen LogP contribution in [-0.2, 0) is 11.2 Å². The molecule has 0 aliphatic rings. The van der Waals surface area contributed by atoms with E-state index in [1.165, 1.54) is 13.4 Å². The van der Waals surface area contributed by atoms with Crippen molar-refractivity contribution >= 4 is 45.7 Å². The number of nitrogens with one attached hydrogen (secondary N) is 3. The fraction of sp³-hybridized carbons (Fsp3) is 0.217. The van der Waals surface area contributed by atoms with Crippen molar-refractivity contribution in [2.24, 2.45) is 0 Å². The molecule has 0 bridgehead atoms. The Kier molecular flexibility index (Phi) is 7.56. The Morgan fingerprint density at radius 3 is 2.63 bits per heavy atom. The summed E-state index contributed by atoms with van der Waals surface area (Å²) in [6.45, 7) is 0.444. The average molecular weight is 503 g/mol. The van der Waals surface area contributed by atoms with Crippen molar-refractivity contribution in [3.8, 4) is 11.5 Å². The van der Waals surface area contributed by atoms with Crippen LogP contribution in [0.5, 0.6) is 11.5 Å². The summed E-state index contributed by atoms with van der Waals surface area (Å²) < 4.78 is 37.8. The maximum atomic E-state index is 13.3. The van der Waals surface area contributed by atoms with Gasteiger partial charge in [-0.15, -0.1) is 11.6 Å². The van der Waals surface area contributed by atoms with Crippen molar-refractivity contribution in [3.63, 3.8) is 0 Å². The lowest BCUT2D eigenvalue weighted by Crippen LogP contribution is -2.14. The van der Waals surface area contributed by atoms with Gasteiger partial charge in [0.25, 0.3) is 0 Å². The van der Waals surface area contributed by atoms with E-state index in [9.17, 15) is 13.6 Å². The number of fused-ring (bicyclic) bond motifs is 1. The maximum Gasteiger partial charge on any atom is 0.230 e. The molecule has 2 aromatic carbocycles. The second-order valence-corrected chi connectivity index (χ2v) is 7.80. The molecule has 4 rings (SSSR count). The molecule has 35 heavy (non-hydrogen) atoms. The van der Waals surface area contributed by atoms with E-state index in [0.29, 0.717) is 58.6 Å². The molecular weight excluding hydrogens is 482 g/mol. The Labute approximate surface area is 203 Å². The molecule has 0 saturated heterocycles. The minimum atomic E-state index is -0.782. The number of hydrogen-bond donors (Lipinski definition) is 3. The highest BCUT2D eigenvalue weighted by molar-refractivity contribution is 6.17. The number of methoxy groups -OCH3 is 1. The number of H-pyrrole nitrogens is 1. The Morgan fingerprint density at radius 2 is 1.89 bits per heavy atom. The average Bonchev–Trinajstić information content (AvgIpc) is 3.24. The Balaban J connectivity index is 1.47. The Bertz CT molecular complexity index is 1330. The molecule has 0 unspecified atom stereocenters. The van der Waals surface area contributed by atoms with E-state index >= 15 is 0 Å². The van der Waals surface area contributed by atoms with Gasteiger partial charge in [-0.05, 0) is 24.6 Å². The van der Waals surface area contributed by atoms with Crippen molar-refractivity contribution in [2.75, 3.05) is 30.2 Å². The molecule has 2 heterocycles. The first-order chi connectivity index (χ1) is 16.9. The lowest BCUT2D eigenvalue weighted by Gasteiger charge is -2.13. The van der Waals surface area contributed by atoms with Gasteiger partial charge in [0.1, 0.15) is 23.8 Å². The van der Waals surface area contributed by atoms with Crippen LogP contribution < -0.4 is 20.1 Å². The predicted molar refractivity (Wildman–Crippen MR) is 127 cm³/mol. The third-order valence-electron chi connectivity index (χ3n) is 4.83. The second-order valence-electron chi connectivity index (χ2n) is 7.42. The van der Waals surface area contributed by atoms with Crippen LogP contribution in [-0.4, -0.2) is 45.7 Å². The number of carbonyl (C=O) groups is 1. The molecule has 9 nitrogen and oxygen atoms in total. The Morgan fingerprint density at radius 1 is 1.09 bits per heavy atom. The number of hydrogen-bond acceptors (Lipinski definition) is 7. The highest BCUT2D eigenvalue weighted by Gasteiger charge is 2.14. The maximum absolute atomic E-state index is 13.3. The number of anilines is 3. The lowest BCUT2D eigenvalue weighted by molar-refractivity contribution is -0.115. The fourth-order valence-corrected chi connectivity index (χ4v) is 3.42. The lowest BCUT2D eigenvalue weighted by atomic mass is 10.2. The molecule has 2 aromatic heterocycles. The number of nitrogens with zero attached hydrogens (tertiary/aromatic N) is 3. The summed E-state index contributed by atoms with van der Waals surface area (Å²) in [5.41, 5.74) is 1.13. The zero-order valence-corrected chi connectivity index (χ0v) is 19.3. The van der Waals surface area contributed by atoms with Gasteiger partial charge in [0.15, 0.2) is 17.3 Å². The first-order valence-electron chi connectivity index (χ1n) is 10.5. The van der Waals surface area contributed by atoms with Gasteiger partial charge in [-0.25, -0.2) is 18.7 Å². The van der Waals surface area contributed by atoms with E-state index in [4.69, 9.17) is 21.1 Å². The number of rotatable bonds is 10. The summed E-state index contributed by atoms with van der Waals surface area (Å²) in [5, 5.41) is 13.1. The van der Waals surface area contributed by atoms with Crippen LogP contribution in [0.25, 0.3) is 10.9 Å². The number of aromatic nitrogens is 4. The molecule has 0 atom stereocenters. The zero-order valence-electron chi connectivity index (χ0n) is 18.6. The molecule has 0 radical (unpaired) electrons. The fourth-order valence-electron chi connectivity index (χ4n) is 3.31. The van der Waals surface area contributed by atoms with Gasteiger partial charge in [0.2, 0.25) is 5.91 Å². The highest BCUT2D eigenvalue weighted by atomic mass is 35.5. The van der Waals surface area contributed by atoms with E-state index in [0.717, 1.165) is 18.2 Å². The van der Waals surface area contributed by atoms with Crippen LogP contribution in [0.2, 0.25) is 0 Å². The summed E-state index contributed by atoms with van der Waals surface area (Å²) in [7, 11) is 1.54. The first kappa shape index (κ1) is 24.1. The van der Waals surface area contributed by atoms with Gasteiger partial charge < -0.3 is 20.1 Å². The van der Waals surface area contributed by atoms with Crippen molar-refractivity contribution < 1.29 is 23.0 Å². The largest absolute Gasteiger partial charge is 0.493 e. The summed E-state index contributed by atoms with van der Waals surface area (Å²) in [6.07, 6.45) is 2.00. The van der Waals surface area contributed by atoms with Crippen molar-refractivity contribution in [3.05, 3.63) is 60.1 Å². The third-order valence-corrected chi connectivity index (χ3v) is 5.10. The summed E-state index contributed by atoms with van der Waals surface area (Å²) in [6, 6.07) is 7.93. The molecule has 4 aromatic rings. The van der Waals surface area contributed by atoms with Crippen molar-refractivity contribution in [2.45, 2.75) is 12.8 Å². The molecular formula is C23H21ClF2N6O3. The summed E-state index contributed by atoms with van der Waals surface area (Å²) >= 11 is 5.71. The predicted octanol–water partition coefficient (Wildman–Crippen LogP) is 4.57. The van der Waals surface area contributed by atoms with Gasteiger partial charge in [-0.3, -0.25) is 9.89 Å². The second kappa shape index (κ2) is 11.0. The van der Waals surface area contributed by atoms with Crippen LogP contribution in [0, 0.1) is 11.6 Å². The van der Waals surface area contributed by atoms with E-state index in [1.54, 1.807) is 18.2 Å². The number of alkyl halides is 1. The molecule has 0 saturated carbocycles. The highest BCUT2D eigenvalue weighted by Crippen LogP contribution is 2.34. The van der Waals surface area contributed by atoms with Crippen LogP contribution >= 0.6 is 11.6 Å². The molecule has 182 valence electrons. The van der Waals surface area contributed by atoms with Gasteiger partial charge in [0, 0.05) is 40.8 Å². The minimum absolute atomic E-state index is 0.0257. The van der Waals surface area contributed by atoms with Crippen LogP contribution in [0.15, 0.2) is 42.7 Å². The van der Waals surface area contributed by atoms with Crippen LogP contribution in [0.4, 0.5) is 26.1 Å². The molecule has 0 aliphatic heterocycles. The van der Waals surface area contributed by atoms with Crippen LogP contribution in [0.1, 0.15) is 12.1 Å². The van der Waals surface area contributed by atoms with E-state index in [-0.39, 0.29) is 12.1 Å². The molecule has 0 spiro atoms. The smallest absolute Gasteiger partial charge is 0.230 e. The number of ether oxygens (including phenoxy) is 2. The SMILES string of the molecule is COc1cc2c(Nc3cc(CC(=O)Nc4cc(F)cc(F)c4)[nH]n3)ncnc2cc1OCCCCl. The molecule has 0 fully saturated rings. The number of carbonyl (C=O) groups excluding carboxylic acids is 1. The molecule has 3 N–H and O–H groups in total. The van der Waals surface area contributed by atoms with Crippen molar-refractivity contribution in [1.82, 2.24) is 20.2 Å². The summed E-state index contributed by atoms with van der Waals surface area (Å²) in [4.78, 5) is 20.8. The van der Waals surface area contributed by atoms with Gasteiger partial charge in [-0.1, -0.05) is 0 Å². The van der Waals surface area contributed by atoms with Gasteiger partial charge >= 0.3 is 0 Å². The monoisotopic (exact) mass is 502 g/mol. The topological polar surface area (TPSA) is 114 Å². The first-order valence-corrected chi connectivity index (χ1v) is 11.1. The van der Waals surface area contributed by atoms with E-state index < -0.39 is 17.5 Å². The third kappa shape index (κ3) is 6.12. The zero-order chi connectivity index (χ0) is 24.8. The molecule has 1 amide bonds. The van der Waals surface area contributed by atoms with E-state index in [1.807, 2.05) is 0 Å². The number of aromatic amines is 1. The summed E-state index contributed by atoms with van der Waals surface area (Å²) in [5.74, 6) is 0.391. The van der Waals surface area contributed by atoms with Crippen LogP contribution in [0.3, 0.4) is 0 Å².